The Morgan fingerprint density at radius 1 is 1.29 bits per heavy atom. The highest BCUT2D eigenvalue weighted by Gasteiger charge is 2.27. The molecular weight excluding hydrogens is 441 g/mol. The maximum atomic E-state index is 12.6. The maximum absolute atomic E-state index is 12.6. The van der Waals surface area contributed by atoms with Crippen LogP contribution in [0.5, 0.6) is 5.75 Å². The molecule has 0 bridgehead atoms. The summed E-state index contributed by atoms with van der Waals surface area (Å²) in [6.07, 6.45) is 2.16. The van der Waals surface area contributed by atoms with Gasteiger partial charge < -0.3 is 15.4 Å². The van der Waals surface area contributed by atoms with Gasteiger partial charge in [0.25, 0.3) is 5.91 Å². The third-order valence-corrected chi connectivity index (χ3v) is 6.09. The second kappa shape index (κ2) is 11.2. The molecule has 1 amide bonds. The van der Waals surface area contributed by atoms with E-state index in [4.69, 9.17) is 16.3 Å². The highest BCUT2D eigenvalue weighted by Crippen LogP contribution is 2.27. The molecule has 1 aliphatic heterocycles. The van der Waals surface area contributed by atoms with Crippen LogP contribution >= 0.6 is 47.8 Å². The number of nitrogens with one attached hydrogen (secondary N) is 2. The number of ether oxygens (including phenoxy) is 1. The summed E-state index contributed by atoms with van der Waals surface area (Å²) in [6.45, 7) is 7.16. The fourth-order valence-corrected chi connectivity index (χ4v) is 4.00. The Hall–Kier alpha value is -1.05. The standard InChI is InChI=1S/C19H24ClN3O2S.2ClH/c1-13-17(18(24)22-12-19(2)7-9-21-10-8-19)26-16(23-13)11-25-15-5-3-14(20)4-6-15;;/h3-6,21H,7-12H2,1-2H3,(H,22,24);2*1H. The number of piperidine rings is 1. The Morgan fingerprint density at radius 3 is 2.57 bits per heavy atom. The predicted molar refractivity (Wildman–Crippen MR) is 120 cm³/mol. The van der Waals surface area contributed by atoms with E-state index in [-0.39, 0.29) is 36.1 Å². The molecule has 1 aromatic heterocycles. The van der Waals surface area contributed by atoms with Crippen molar-refractivity contribution in [3.8, 4) is 5.75 Å². The first-order chi connectivity index (χ1) is 12.5. The number of nitrogens with zero attached hydrogens (tertiary/aromatic N) is 1. The molecule has 1 saturated heterocycles. The molecule has 3 rings (SSSR count). The summed E-state index contributed by atoms with van der Waals surface area (Å²) in [5.41, 5.74) is 0.915. The van der Waals surface area contributed by atoms with E-state index >= 15 is 0 Å². The largest absolute Gasteiger partial charge is 0.486 e. The number of hydrogen-bond donors (Lipinski definition) is 2. The first kappa shape index (κ1) is 25.0. The van der Waals surface area contributed by atoms with Crippen LogP contribution in [0.2, 0.25) is 5.02 Å². The number of benzene rings is 1. The summed E-state index contributed by atoms with van der Waals surface area (Å²) in [6, 6.07) is 7.20. The van der Waals surface area contributed by atoms with Crippen LogP contribution in [0.1, 0.15) is 40.1 Å². The van der Waals surface area contributed by atoms with Crippen LogP contribution in [0.25, 0.3) is 0 Å². The zero-order chi connectivity index (χ0) is 18.6. The van der Waals surface area contributed by atoms with Crippen molar-refractivity contribution >= 4 is 53.7 Å². The van der Waals surface area contributed by atoms with E-state index in [0.29, 0.717) is 23.1 Å². The SMILES string of the molecule is Cc1nc(COc2ccc(Cl)cc2)sc1C(=O)NCC1(C)CCNCC1.Cl.Cl. The van der Waals surface area contributed by atoms with Gasteiger partial charge in [0.2, 0.25) is 0 Å². The van der Waals surface area contributed by atoms with Crippen LogP contribution in [0.15, 0.2) is 24.3 Å². The van der Waals surface area contributed by atoms with Crippen LogP contribution in [-0.2, 0) is 6.61 Å². The van der Waals surface area contributed by atoms with E-state index in [9.17, 15) is 4.79 Å². The fourth-order valence-electron chi connectivity index (χ4n) is 2.98. The van der Waals surface area contributed by atoms with Gasteiger partial charge in [-0.2, -0.15) is 0 Å². The van der Waals surface area contributed by atoms with E-state index in [1.165, 1.54) is 11.3 Å². The highest BCUT2D eigenvalue weighted by molar-refractivity contribution is 7.13. The molecule has 2 heterocycles. The lowest BCUT2D eigenvalue weighted by atomic mass is 9.81. The third-order valence-electron chi connectivity index (χ3n) is 4.71. The van der Waals surface area contributed by atoms with Crippen molar-refractivity contribution in [1.29, 1.82) is 0 Å². The predicted octanol–water partition coefficient (Wildman–Crippen LogP) is 4.65. The number of aryl methyl sites for hydroxylation is 1. The van der Waals surface area contributed by atoms with Crippen molar-refractivity contribution in [2.24, 2.45) is 5.41 Å². The number of thiazole rings is 1. The summed E-state index contributed by atoms with van der Waals surface area (Å²) in [5, 5.41) is 7.91. The summed E-state index contributed by atoms with van der Waals surface area (Å²) in [5.74, 6) is 0.685. The van der Waals surface area contributed by atoms with Crippen molar-refractivity contribution in [3.05, 3.63) is 44.9 Å². The van der Waals surface area contributed by atoms with Crippen LogP contribution in [0.3, 0.4) is 0 Å². The Labute approximate surface area is 187 Å². The second-order valence-corrected chi connectivity index (χ2v) is 8.53. The number of halogens is 3. The number of hydrogen-bond acceptors (Lipinski definition) is 5. The topological polar surface area (TPSA) is 63.2 Å². The number of carbonyl (C=O) groups excluding carboxylic acids is 1. The van der Waals surface area contributed by atoms with Crippen molar-refractivity contribution in [2.45, 2.75) is 33.3 Å². The van der Waals surface area contributed by atoms with Crippen molar-refractivity contribution in [3.63, 3.8) is 0 Å². The zero-order valence-electron chi connectivity index (χ0n) is 15.9. The molecule has 2 aromatic rings. The molecule has 0 unspecified atom stereocenters. The minimum absolute atomic E-state index is 0. The highest BCUT2D eigenvalue weighted by atomic mass is 35.5. The minimum Gasteiger partial charge on any atom is -0.486 e. The Morgan fingerprint density at radius 2 is 1.93 bits per heavy atom. The molecule has 0 radical (unpaired) electrons. The van der Waals surface area contributed by atoms with E-state index < -0.39 is 0 Å². The van der Waals surface area contributed by atoms with Crippen molar-refractivity contribution in [1.82, 2.24) is 15.6 Å². The number of aromatic nitrogens is 1. The number of rotatable bonds is 6. The lowest BCUT2D eigenvalue weighted by Gasteiger charge is -2.34. The molecule has 0 saturated carbocycles. The number of carbonyl (C=O) groups is 1. The Kier molecular flexibility index (Phi) is 10.0. The minimum atomic E-state index is -0.0440. The van der Waals surface area contributed by atoms with Crippen molar-refractivity contribution in [2.75, 3.05) is 19.6 Å². The molecular formula is C19H26Cl3N3O2S. The number of amides is 1. The Balaban J connectivity index is 0.00000196. The summed E-state index contributed by atoms with van der Waals surface area (Å²) in [4.78, 5) is 17.7. The van der Waals surface area contributed by atoms with Gasteiger partial charge in [-0.05, 0) is 62.5 Å². The second-order valence-electron chi connectivity index (χ2n) is 7.01. The summed E-state index contributed by atoms with van der Waals surface area (Å²) >= 11 is 7.26. The fraction of sp³-hybridized carbons (Fsp3) is 0.474. The van der Waals surface area contributed by atoms with Gasteiger partial charge in [0.05, 0.1) is 5.69 Å². The first-order valence-corrected chi connectivity index (χ1v) is 9.98. The van der Waals surface area contributed by atoms with Gasteiger partial charge in [0, 0.05) is 11.6 Å². The average molecular weight is 467 g/mol. The van der Waals surface area contributed by atoms with Gasteiger partial charge in [0.1, 0.15) is 22.2 Å². The summed E-state index contributed by atoms with van der Waals surface area (Å²) < 4.78 is 5.72. The molecule has 0 aliphatic carbocycles. The van der Waals surface area contributed by atoms with Gasteiger partial charge in [-0.1, -0.05) is 18.5 Å². The summed E-state index contributed by atoms with van der Waals surface area (Å²) in [7, 11) is 0. The first-order valence-electron chi connectivity index (χ1n) is 8.79. The monoisotopic (exact) mass is 465 g/mol. The van der Waals surface area contributed by atoms with Gasteiger partial charge in [0.15, 0.2) is 0 Å². The van der Waals surface area contributed by atoms with Gasteiger partial charge in [-0.25, -0.2) is 4.98 Å². The van der Waals surface area contributed by atoms with Gasteiger partial charge in [-0.3, -0.25) is 4.79 Å². The molecule has 9 heteroatoms. The van der Waals surface area contributed by atoms with Gasteiger partial charge in [-0.15, -0.1) is 36.2 Å². The normalized spacial score (nSPS) is 15.1. The molecule has 156 valence electrons. The van der Waals surface area contributed by atoms with E-state index in [0.717, 1.165) is 42.4 Å². The van der Waals surface area contributed by atoms with E-state index in [2.05, 4.69) is 22.5 Å². The van der Waals surface area contributed by atoms with Crippen LogP contribution in [0.4, 0.5) is 0 Å². The molecule has 1 fully saturated rings. The van der Waals surface area contributed by atoms with Crippen LogP contribution in [0, 0.1) is 12.3 Å². The van der Waals surface area contributed by atoms with Crippen molar-refractivity contribution < 1.29 is 9.53 Å². The molecule has 0 spiro atoms. The van der Waals surface area contributed by atoms with Crippen LogP contribution in [-0.4, -0.2) is 30.5 Å². The third kappa shape index (κ3) is 6.78. The molecule has 1 aromatic carbocycles. The molecule has 28 heavy (non-hydrogen) atoms. The molecule has 5 nitrogen and oxygen atoms in total. The lowest BCUT2D eigenvalue weighted by Crippen LogP contribution is -2.42. The molecule has 0 atom stereocenters. The van der Waals surface area contributed by atoms with Crippen LogP contribution < -0.4 is 15.4 Å². The van der Waals surface area contributed by atoms with E-state index in [1.54, 1.807) is 12.1 Å². The molecule has 2 N–H and O–H groups in total. The Bertz CT molecular complexity index is 762. The quantitative estimate of drug-likeness (QED) is 0.650. The average Bonchev–Trinajstić information content (AvgIpc) is 3.01. The van der Waals surface area contributed by atoms with Gasteiger partial charge >= 0.3 is 0 Å². The molecule has 1 aliphatic rings. The maximum Gasteiger partial charge on any atom is 0.263 e. The lowest BCUT2D eigenvalue weighted by molar-refractivity contribution is 0.0925. The zero-order valence-corrected chi connectivity index (χ0v) is 19.1. The smallest absolute Gasteiger partial charge is 0.263 e. The van der Waals surface area contributed by atoms with E-state index in [1.807, 2.05) is 19.1 Å².